The van der Waals surface area contributed by atoms with E-state index in [0.29, 0.717) is 6.04 Å². The Bertz CT molecular complexity index is 1510. The van der Waals surface area contributed by atoms with Crippen LogP contribution in [0.25, 0.3) is 27.8 Å². The lowest BCUT2D eigenvalue weighted by atomic mass is 10.1. The average molecular weight is 478 g/mol. The fraction of sp³-hybridized carbons (Fsp3) is 0.200. The number of anilines is 2. The van der Waals surface area contributed by atoms with Gasteiger partial charge in [-0.1, -0.05) is 42.5 Å². The fourth-order valence-corrected chi connectivity index (χ4v) is 5.26. The fourth-order valence-electron chi connectivity index (χ4n) is 5.26. The van der Waals surface area contributed by atoms with Crippen molar-refractivity contribution in [3.05, 3.63) is 103 Å². The summed E-state index contributed by atoms with van der Waals surface area (Å²) < 4.78 is 15.7. The number of rotatable bonds is 4. The Morgan fingerprint density at radius 1 is 0.861 bits per heavy atom. The lowest BCUT2D eigenvalue weighted by Crippen LogP contribution is -2.52. The highest BCUT2D eigenvalue weighted by Gasteiger charge is 2.28. The monoisotopic (exact) mass is 477 g/mol. The number of aryl methyl sites for hydroxylation is 1. The van der Waals surface area contributed by atoms with Crippen molar-refractivity contribution in [2.24, 2.45) is 0 Å². The van der Waals surface area contributed by atoms with Crippen molar-refractivity contribution in [1.29, 1.82) is 0 Å². The van der Waals surface area contributed by atoms with Crippen molar-refractivity contribution in [2.45, 2.75) is 19.9 Å². The Labute approximate surface area is 210 Å². The second-order valence-corrected chi connectivity index (χ2v) is 9.48. The van der Waals surface area contributed by atoms with Gasteiger partial charge in [0.05, 0.1) is 5.39 Å². The van der Waals surface area contributed by atoms with E-state index in [9.17, 15) is 4.39 Å². The molecule has 0 saturated carbocycles. The molecule has 2 aromatic heterocycles. The highest BCUT2D eigenvalue weighted by atomic mass is 19.1. The zero-order valence-electron chi connectivity index (χ0n) is 20.5. The second-order valence-electron chi connectivity index (χ2n) is 9.48. The second kappa shape index (κ2) is 9.11. The molecule has 1 aliphatic heterocycles. The van der Waals surface area contributed by atoms with Crippen LogP contribution < -0.4 is 9.80 Å². The maximum absolute atomic E-state index is 13.7. The van der Waals surface area contributed by atoms with Gasteiger partial charge in [-0.15, -0.1) is 0 Å². The number of hydrogen-bond acceptors (Lipinski definition) is 4. The molecule has 36 heavy (non-hydrogen) atoms. The van der Waals surface area contributed by atoms with Gasteiger partial charge in [-0.3, -0.25) is 0 Å². The zero-order chi connectivity index (χ0) is 24.6. The van der Waals surface area contributed by atoms with Gasteiger partial charge in [-0.25, -0.2) is 14.4 Å². The van der Waals surface area contributed by atoms with Gasteiger partial charge < -0.3 is 14.4 Å². The van der Waals surface area contributed by atoms with E-state index in [0.717, 1.165) is 53.3 Å². The van der Waals surface area contributed by atoms with Crippen LogP contribution in [0.5, 0.6) is 0 Å². The van der Waals surface area contributed by atoms with Crippen LogP contribution in [0.1, 0.15) is 12.5 Å². The number of benzene rings is 3. The van der Waals surface area contributed by atoms with E-state index in [1.165, 1.54) is 23.4 Å². The minimum atomic E-state index is -0.255. The average Bonchev–Trinajstić information content (AvgIpc) is 3.29. The van der Waals surface area contributed by atoms with Crippen LogP contribution in [0.2, 0.25) is 0 Å². The Hall–Kier alpha value is -4.19. The quantitative estimate of drug-likeness (QED) is 0.307. The van der Waals surface area contributed by atoms with Crippen molar-refractivity contribution in [3.63, 3.8) is 0 Å². The zero-order valence-corrected chi connectivity index (χ0v) is 20.5. The maximum Gasteiger partial charge on any atom is 0.150 e. The standard InChI is InChI=1S/C30H28FN5/c1-21-7-6-10-26(17-21)35-16-15-34(18-22(35)2)29-28-27(23-8-4-3-5-9-23)19-36(30(28)33-20-32-29)25-13-11-24(31)12-14-25/h3-14,17,19-20,22H,15-16,18H2,1-2H3/t22-/m0/s1. The van der Waals surface area contributed by atoms with Gasteiger partial charge in [-0.2, -0.15) is 0 Å². The summed E-state index contributed by atoms with van der Waals surface area (Å²) in [4.78, 5) is 14.4. The molecule has 3 aromatic carbocycles. The normalized spacial score (nSPS) is 16.0. The molecule has 0 spiro atoms. The van der Waals surface area contributed by atoms with Gasteiger partial charge in [0.15, 0.2) is 5.65 Å². The third kappa shape index (κ3) is 3.98. The number of hydrogen-bond donors (Lipinski definition) is 0. The van der Waals surface area contributed by atoms with Gasteiger partial charge in [0.25, 0.3) is 0 Å². The number of halogens is 1. The molecular weight excluding hydrogens is 449 g/mol. The molecule has 6 rings (SSSR count). The summed E-state index contributed by atoms with van der Waals surface area (Å²) >= 11 is 0. The van der Waals surface area contributed by atoms with E-state index >= 15 is 0 Å². The topological polar surface area (TPSA) is 37.2 Å². The Morgan fingerprint density at radius 2 is 1.67 bits per heavy atom. The predicted molar refractivity (Wildman–Crippen MR) is 144 cm³/mol. The highest BCUT2D eigenvalue weighted by molar-refractivity contribution is 6.02. The summed E-state index contributed by atoms with van der Waals surface area (Å²) in [7, 11) is 0. The Balaban J connectivity index is 1.44. The molecule has 180 valence electrons. The van der Waals surface area contributed by atoms with Crippen LogP contribution in [-0.2, 0) is 0 Å². The van der Waals surface area contributed by atoms with Crippen LogP contribution in [0.15, 0.2) is 91.4 Å². The largest absolute Gasteiger partial charge is 0.365 e. The number of fused-ring (bicyclic) bond motifs is 1. The first kappa shape index (κ1) is 22.3. The van der Waals surface area contributed by atoms with Gasteiger partial charge in [0.1, 0.15) is 18.0 Å². The smallest absolute Gasteiger partial charge is 0.150 e. The van der Waals surface area contributed by atoms with Gasteiger partial charge in [0.2, 0.25) is 0 Å². The molecule has 0 bridgehead atoms. The third-order valence-corrected chi connectivity index (χ3v) is 7.01. The molecule has 0 amide bonds. The molecule has 6 heteroatoms. The number of aromatic nitrogens is 3. The van der Waals surface area contributed by atoms with Crippen LogP contribution in [0, 0.1) is 12.7 Å². The number of nitrogens with zero attached hydrogens (tertiary/aromatic N) is 5. The molecular formula is C30H28FN5. The first-order valence-electron chi connectivity index (χ1n) is 12.3. The Kier molecular flexibility index (Phi) is 5.64. The van der Waals surface area contributed by atoms with Crippen LogP contribution in [-0.4, -0.2) is 40.2 Å². The first-order valence-corrected chi connectivity index (χ1v) is 12.3. The van der Waals surface area contributed by atoms with E-state index < -0.39 is 0 Å². The highest BCUT2D eigenvalue weighted by Crippen LogP contribution is 2.37. The van der Waals surface area contributed by atoms with Gasteiger partial charge in [-0.05, 0) is 61.4 Å². The molecule has 1 fully saturated rings. The minimum Gasteiger partial charge on any atom is -0.365 e. The summed E-state index contributed by atoms with van der Waals surface area (Å²) in [6.45, 7) is 7.04. The molecule has 0 N–H and O–H groups in total. The summed E-state index contributed by atoms with van der Waals surface area (Å²) in [5, 5.41) is 1.02. The lowest BCUT2D eigenvalue weighted by Gasteiger charge is -2.42. The van der Waals surface area contributed by atoms with Crippen molar-refractivity contribution in [1.82, 2.24) is 14.5 Å². The van der Waals surface area contributed by atoms with Crippen LogP contribution in [0.3, 0.4) is 0 Å². The van der Waals surface area contributed by atoms with E-state index in [2.05, 4.69) is 66.2 Å². The van der Waals surface area contributed by atoms with Gasteiger partial charge in [0, 0.05) is 48.8 Å². The van der Waals surface area contributed by atoms with Crippen LogP contribution >= 0.6 is 0 Å². The summed E-state index contributed by atoms with van der Waals surface area (Å²) in [6, 6.07) is 25.9. The third-order valence-electron chi connectivity index (χ3n) is 7.01. The SMILES string of the molecule is Cc1cccc(N2CCN(c3ncnc4c3c(-c3ccccc3)cn4-c3ccc(F)cc3)C[C@@H]2C)c1. The predicted octanol–water partition coefficient (Wildman–Crippen LogP) is 6.25. The van der Waals surface area contributed by atoms with Crippen molar-refractivity contribution < 1.29 is 4.39 Å². The van der Waals surface area contributed by atoms with Crippen molar-refractivity contribution in [3.8, 4) is 16.8 Å². The molecule has 5 nitrogen and oxygen atoms in total. The van der Waals surface area contributed by atoms with Crippen molar-refractivity contribution in [2.75, 3.05) is 29.4 Å². The molecule has 0 aliphatic carbocycles. The van der Waals surface area contributed by atoms with E-state index in [1.807, 2.05) is 22.8 Å². The van der Waals surface area contributed by atoms with E-state index in [1.54, 1.807) is 18.5 Å². The molecule has 5 aromatic rings. The summed E-state index contributed by atoms with van der Waals surface area (Å²) in [5.41, 5.74) is 6.40. The van der Waals surface area contributed by atoms with E-state index in [4.69, 9.17) is 9.97 Å². The minimum absolute atomic E-state index is 0.255. The number of piperazine rings is 1. The molecule has 0 unspecified atom stereocenters. The lowest BCUT2D eigenvalue weighted by molar-refractivity contribution is 0.548. The Morgan fingerprint density at radius 3 is 2.42 bits per heavy atom. The molecule has 1 aliphatic rings. The first-order chi connectivity index (χ1) is 17.6. The van der Waals surface area contributed by atoms with Crippen molar-refractivity contribution >= 4 is 22.5 Å². The molecule has 1 saturated heterocycles. The molecule has 1 atom stereocenters. The van der Waals surface area contributed by atoms with Gasteiger partial charge >= 0.3 is 0 Å². The van der Waals surface area contributed by atoms with Crippen LogP contribution in [0.4, 0.5) is 15.9 Å². The maximum atomic E-state index is 13.7. The summed E-state index contributed by atoms with van der Waals surface area (Å²) in [5.74, 6) is 0.685. The molecule has 3 heterocycles. The van der Waals surface area contributed by atoms with E-state index in [-0.39, 0.29) is 5.82 Å². The summed E-state index contributed by atoms with van der Waals surface area (Å²) in [6.07, 6.45) is 3.74. The molecule has 0 radical (unpaired) electrons.